The summed E-state index contributed by atoms with van der Waals surface area (Å²) in [7, 11) is 0. The largest absolute Gasteiger partial charge is 0.356 e. The number of benzene rings is 1. The lowest BCUT2D eigenvalue weighted by molar-refractivity contribution is -0.122. The van der Waals surface area contributed by atoms with E-state index in [1.807, 2.05) is 17.8 Å². The van der Waals surface area contributed by atoms with Gasteiger partial charge in [0.1, 0.15) is 0 Å². The number of rotatable bonds is 5. The Morgan fingerprint density at radius 2 is 2.29 bits per heavy atom. The third kappa shape index (κ3) is 3.03. The molecule has 1 atom stereocenters. The van der Waals surface area contributed by atoms with Gasteiger partial charge in [0.25, 0.3) is 0 Å². The topological polar surface area (TPSA) is 29.1 Å². The molecule has 0 saturated carbocycles. The highest BCUT2D eigenvalue weighted by atomic mass is 32.2. The summed E-state index contributed by atoms with van der Waals surface area (Å²) in [6, 6.07) is 8.31. The smallest absolute Gasteiger partial charge is 0.227 e. The summed E-state index contributed by atoms with van der Waals surface area (Å²) in [4.78, 5) is 12.1. The maximum absolute atomic E-state index is 12.1. The average molecular weight is 249 g/mol. The summed E-state index contributed by atoms with van der Waals surface area (Å²) in [5.74, 6) is 1.40. The number of amides is 1. The van der Waals surface area contributed by atoms with Crippen molar-refractivity contribution in [2.45, 2.75) is 25.2 Å². The van der Waals surface area contributed by atoms with Gasteiger partial charge >= 0.3 is 0 Å². The number of hydrogen-bond donors (Lipinski definition) is 1. The highest BCUT2D eigenvalue weighted by Gasteiger charge is 2.27. The molecule has 2 nitrogen and oxygen atoms in total. The van der Waals surface area contributed by atoms with Gasteiger partial charge in [-0.1, -0.05) is 24.3 Å². The van der Waals surface area contributed by atoms with Crippen molar-refractivity contribution in [3.8, 4) is 0 Å². The molecular weight excluding hydrogens is 230 g/mol. The Balaban J connectivity index is 1.89. The number of thioether (sulfide) groups is 1. The van der Waals surface area contributed by atoms with Gasteiger partial charge in [-0.3, -0.25) is 4.79 Å². The monoisotopic (exact) mass is 249 g/mol. The van der Waals surface area contributed by atoms with E-state index in [0.29, 0.717) is 0 Å². The molecule has 1 aromatic rings. The quantitative estimate of drug-likeness (QED) is 0.813. The first-order valence-electron chi connectivity index (χ1n) is 6.17. The van der Waals surface area contributed by atoms with Crippen molar-refractivity contribution >= 4 is 17.7 Å². The number of aryl methyl sites for hydroxylation is 1. The second-order valence-electron chi connectivity index (χ2n) is 4.43. The average Bonchev–Trinajstić information content (AvgIpc) is 2.78. The molecule has 1 aromatic carbocycles. The Hall–Kier alpha value is -0.960. The second-order valence-corrected chi connectivity index (χ2v) is 5.41. The Morgan fingerprint density at radius 3 is 3.12 bits per heavy atom. The molecule has 0 fully saturated rings. The number of hydrogen-bond acceptors (Lipinski definition) is 2. The highest BCUT2D eigenvalue weighted by Crippen LogP contribution is 2.32. The van der Waals surface area contributed by atoms with Crippen LogP contribution in [0.3, 0.4) is 0 Å². The van der Waals surface area contributed by atoms with E-state index in [2.05, 4.69) is 29.8 Å². The summed E-state index contributed by atoms with van der Waals surface area (Å²) in [6.07, 6.45) is 5.16. The fourth-order valence-electron chi connectivity index (χ4n) is 2.38. The van der Waals surface area contributed by atoms with Crippen molar-refractivity contribution in [1.82, 2.24) is 5.32 Å². The first kappa shape index (κ1) is 12.5. The van der Waals surface area contributed by atoms with E-state index >= 15 is 0 Å². The van der Waals surface area contributed by atoms with Crippen molar-refractivity contribution in [2.24, 2.45) is 0 Å². The lowest BCUT2D eigenvalue weighted by atomic mass is 10.0. The van der Waals surface area contributed by atoms with E-state index in [1.54, 1.807) is 0 Å². The first-order chi connectivity index (χ1) is 8.33. The molecule has 0 aromatic heterocycles. The Kier molecular flexibility index (Phi) is 4.49. The molecule has 2 rings (SSSR count). The van der Waals surface area contributed by atoms with Gasteiger partial charge < -0.3 is 5.32 Å². The molecule has 17 heavy (non-hydrogen) atoms. The maximum atomic E-state index is 12.1. The van der Waals surface area contributed by atoms with Crippen molar-refractivity contribution in [3.05, 3.63) is 35.4 Å². The fourth-order valence-corrected chi connectivity index (χ4v) is 2.81. The van der Waals surface area contributed by atoms with Crippen molar-refractivity contribution in [2.75, 3.05) is 18.6 Å². The van der Waals surface area contributed by atoms with Crippen LogP contribution in [0.2, 0.25) is 0 Å². The third-order valence-corrected chi connectivity index (χ3v) is 3.97. The SMILES string of the molecule is CSCCCNC(=O)C1CCc2ccccc21. The van der Waals surface area contributed by atoms with Gasteiger partial charge in [-0.2, -0.15) is 11.8 Å². The molecule has 0 aliphatic heterocycles. The Labute approximate surface area is 107 Å². The molecular formula is C14H19NOS. The van der Waals surface area contributed by atoms with E-state index in [-0.39, 0.29) is 11.8 Å². The molecule has 0 saturated heterocycles. The minimum Gasteiger partial charge on any atom is -0.356 e. The van der Waals surface area contributed by atoms with E-state index in [4.69, 9.17) is 0 Å². The number of carbonyl (C=O) groups is 1. The van der Waals surface area contributed by atoms with E-state index < -0.39 is 0 Å². The van der Waals surface area contributed by atoms with Crippen LogP contribution in [0.25, 0.3) is 0 Å². The lowest BCUT2D eigenvalue weighted by Gasteiger charge is -2.11. The molecule has 92 valence electrons. The molecule has 0 spiro atoms. The zero-order valence-electron chi connectivity index (χ0n) is 10.2. The van der Waals surface area contributed by atoms with Crippen LogP contribution in [0.4, 0.5) is 0 Å². The zero-order chi connectivity index (χ0) is 12.1. The van der Waals surface area contributed by atoms with Crippen LogP contribution >= 0.6 is 11.8 Å². The number of nitrogens with one attached hydrogen (secondary N) is 1. The van der Waals surface area contributed by atoms with Crippen LogP contribution in [-0.2, 0) is 11.2 Å². The second kappa shape index (κ2) is 6.10. The first-order valence-corrected chi connectivity index (χ1v) is 7.56. The minimum absolute atomic E-state index is 0.0838. The maximum Gasteiger partial charge on any atom is 0.227 e. The summed E-state index contributed by atoms with van der Waals surface area (Å²) in [5.41, 5.74) is 2.58. The fraction of sp³-hybridized carbons (Fsp3) is 0.500. The molecule has 0 heterocycles. The van der Waals surface area contributed by atoms with E-state index in [9.17, 15) is 4.79 Å². The number of fused-ring (bicyclic) bond motifs is 1. The normalized spacial score (nSPS) is 17.8. The molecule has 0 bridgehead atoms. The van der Waals surface area contributed by atoms with Crippen LogP contribution in [0.5, 0.6) is 0 Å². The molecule has 3 heteroatoms. The van der Waals surface area contributed by atoms with Crippen LogP contribution in [0.15, 0.2) is 24.3 Å². The molecule has 0 radical (unpaired) electrons. The van der Waals surface area contributed by atoms with Gasteiger partial charge in [-0.05, 0) is 42.4 Å². The summed E-state index contributed by atoms with van der Waals surface area (Å²) in [6.45, 7) is 0.804. The molecule has 1 unspecified atom stereocenters. The summed E-state index contributed by atoms with van der Waals surface area (Å²) in [5, 5.41) is 3.05. The predicted molar refractivity (Wildman–Crippen MR) is 73.5 cm³/mol. The summed E-state index contributed by atoms with van der Waals surface area (Å²) >= 11 is 1.82. The zero-order valence-corrected chi connectivity index (χ0v) is 11.1. The van der Waals surface area contributed by atoms with Gasteiger partial charge in [-0.25, -0.2) is 0 Å². The van der Waals surface area contributed by atoms with Crippen LogP contribution in [0, 0.1) is 0 Å². The van der Waals surface area contributed by atoms with Crippen molar-refractivity contribution in [3.63, 3.8) is 0 Å². The third-order valence-electron chi connectivity index (χ3n) is 3.27. The Morgan fingerprint density at radius 1 is 1.47 bits per heavy atom. The molecule has 1 aliphatic carbocycles. The van der Waals surface area contributed by atoms with Gasteiger partial charge in [0, 0.05) is 6.54 Å². The Bertz CT molecular complexity index is 392. The van der Waals surface area contributed by atoms with Gasteiger partial charge in [0.15, 0.2) is 0 Å². The van der Waals surface area contributed by atoms with Gasteiger partial charge in [0.05, 0.1) is 5.92 Å². The standard InChI is InChI=1S/C14H19NOS/c1-17-10-4-9-15-14(16)13-8-7-11-5-2-3-6-12(11)13/h2-3,5-6,13H,4,7-10H2,1H3,(H,15,16). The highest BCUT2D eigenvalue weighted by molar-refractivity contribution is 7.98. The van der Waals surface area contributed by atoms with Crippen molar-refractivity contribution in [1.29, 1.82) is 0 Å². The number of carbonyl (C=O) groups excluding carboxylic acids is 1. The molecule has 1 amide bonds. The van der Waals surface area contributed by atoms with Gasteiger partial charge in [0.2, 0.25) is 5.91 Å². The van der Waals surface area contributed by atoms with Crippen molar-refractivity contribution < 1.29 is 4.79 Å². The molecule has 1 aliphatic rings. The van der Waals surface area contributed by atoms with Crippen LogP contribution < -0.4 is 5.32 Å². The minimum atomic E-state index is 0.0838. The van der Waals surface area contributed by atoms with E-state index in [1.165, 1.54) is 11.1 Å². The van der Waals surface area contributed by atoms with Gasteiger partial charge in [-0.15, -0.1) is 0 Å². The van der Waals surface area contributed by atoms with E-state index in [0.717, 1.165) is 31.6 Å². The van der Waals surface area contributed by atoms with Crippen LogP contribution in [-0.4, -0.2) is 24.5 Å². The summed E-state index contributed by atoms with van der Waals surface area (Å²) < 4.78 is 0. The predicted octanol–water partition coefficient (Wildman–Crippen LogP) is 2.59. The molecule has 1 N–H and O–H groups in total. The lowest BCUT2D eigenvalue weighted by Crippen LogP contribution is -2.29. The van der Waals surface area contributed by atoms with Crippen LogP contribution in [0.1, 0.15) is 29.9 Å².